The van der Waals surface area contributed by atoms with Gasteiger partial charge in [0.05, 0.1) is 6.61 Å². The van der Waals surface area contributed by atoms with E-state index in [1.165, 1.54) is 70.6 Å². The van der Waals surface area contributed by atoms with Gasteiger partial charge < -0.3 is 9.16 Å². The average molecular weight is 501 g/mol. The Morgan fingerprint density at radius 1 is 0.800 bits per heavy atom. The summed E-state index contributed by atoms with van der Waals surface area (Å²) in [7, 11) is -1.54. The van der Waals surface area contributed by atoms with Crippen LogP contribution in [-0.4, -0.2) is 26.5 Å². The lowest BCUT2D eigenvalue weighted by molar-refractivity contribution is 0.277. The normalized spacial score (nSPS) is 12.3. The molecule has 1 heterocycles. The monoisotopic (exact) mass is 499 g/mol. The van der Waals surface area contributed by atoms with E-state index < -0.39 is 8.32 Å². The molecule has 1 rings (SSSR count). The first-order valence-electron chi connectivity index (χ1n) is 12.1. The Hall–Kier alpha value is -0.393. The maximum atomic E-state index is 6.25. The molecular formula is C25H46BrNO2Si. The smallest absolute Gasteiger partial charge is 0.214 e. The Kier molecular flexibility index (Phi) is 14.2. The molecule has 0 bridgehead atoms. The van der Waals surface area contributed by atoms with E-state index in [2.05, 4.69) is 54.8 Å². The second kappa shape index (κ2) is 15.4. The fourth-order valence-corrected chi connectivity index (χ4v) is 4.56. The Balaban J connectivity index is 1.80. The van der Waals surface area contributed by atoms with E-state index in [4.69, 9.17) is 9.16 Å². The summed E-state index contributed by atoms with van der Waals surface area (Å²) in [6.45, 7) is 13.4. The Labute approximate surface area is 196 Å². The molecule has 0 saturated carbocycles. The fraction of sp³-hybridized carbons (Fsp3) is 0.800. The summed E-state index contributed by atoms with van der Waals surface area (Å²) in [6, 6.07) is 3.84. The van der Waals surface area contributed by atoms with Crippen LogP contribution in [0.25, 0.3) is 0 Å². The lowest BCUT2D eigenvalue weighted by Gasteiger charge is -2.36. The van der Waals surface area contributed by atoms with Crippen molar-refractivity contribution in [3.05, 3.63) is 22.8 Å². The van der Waals surface area contributed by atoms with Crippen molar-refractivity contribution in [2.75, 3.05) is 13.2 Å². The van der Waals surface area contributed by atoms with E-state index in [1.54, 1.807) is 6.20 Å². The van der Waals surface area contributed by atoms with E-state index in [9.17, 15) is 0 Å². The first kappa shape index (κ1) is 27.6. The van der Waals surface area contributed by atoms with Crippen LogP contribution in [0.5, 0.6) is 5.88 Å². The highest BCUT2D eigenvalue weighted by Crippen LogP contribution is 2.36. The van der Waals surface area contributed by atoms with Gasteiger partial charge in [-0.05, 0) is 37.0 Å². The van der Waals surface area contributed by atoms with Crippen LogP contribution in [0.2, 0.25) is 18.1 Å². The van der Waals surface area contributed by atoms with Crippen molar-refractivity contribution >= 4 is 24.2 Å². The van der Waals surface area contributed by atoms with Crippen LogP contribution in [0.1, 0.15) is 97.8 Å². The zero-order valence-electron chi connectivity index (χ0n) is 20.3. The SMILES string of the molecule is CC(C)(C)[Si](C)(C)OCCCCCCCCCCCCCCOc1cc(Br)ccn1. The van der Waals surface area contributed by atoms with Crippen molar-refractivity contribution in [3.8, 4) is 5.88 Å². The van der Waals surface area contributed by atoms with Gasteiger partial charge in [-0.15, -0.1) is 0 Å². The molecule has 5 heteroatoms. The first-order valence-corrected chi connectivity index (χ1v) is 15.8. The quantitative estimate of drug-likeness (QED) is 0.158. The molecule has 174 valence electrons. The Bertz CT molecular complexity index is 560. The molecule has 30 heavy (non-hydrogen) atoms. The third-order valence-electron chi connectivity index (χ3n) is 6.25. The molecule has 0 aliphatic carbocycles. The van der Waals surface area contributed by atoms with Crippen molar-refractivity contribution in [3.63, 3.8) is 0 Å². The maximum absolute atomic E-state index is 6.25. The van der Waals surface area contributed by atoms with Crippen LogP contribution in [0.15, 0.2) is 22.8 Å². The van der Waals surface area contributed by atoms with Crippen LogP contribution < -0.4 is 4.74 Å². The number of nitrogens with zero attached hydrogens (tertiary/aromatic N) is 1. The first-order chi connectivity index (χ1) is 14.2. The molecule has 0 amide bonds. The fourth-order valence-electron chi connectivity index (χ4n) is 3.16. The molecule has 0 N–H and O–H groups in total. The molecule has 0 aromatic carbocycles. The number of ether oxygens (including phenoxy) is 1. The second-order valence-corrected chi connectivity index (χ2v) is 15.7. The maximum Gasteiger partial charge on any atom is 0.214 e. The highest BCUT2D eigenvalue weighted by atomic mass is 79.9. The van der Waals surface area contributed by atoms with Crippen molar-refractivity contribution in [2.24, 2.45) is 0 Å². The third-order valence-corrected chi connectivity index (χ3v) is 11.3. The largest absolute Gasteiger partial charge is 0.478 e. The molecule has 1 aromatic rings. The number of rotatable bonds is 17. The predicted molar refractivity (Wildman–Crippen MR) is 136 cm³/mol. The van der Waals surface area contributed by atoms with Crippen LogP contribution in [0, 0.1) is 0 Å². The number of unbranched alkanes of at least 4 members (excludes halogenated alkanes) is 11. The van der Waals surface area contributed by atoms with Gasteiger partial charge in [-0.3, -0.25) is 0 Å². The van der Waals surface area contributed by atoms with Gasteiger partial charge in [0, 0.05) is 23.3 Å². The Morgan fingerprint density at radius 3 is 1.73 bits per heavy atom. The highest BCUT2D eigenvalue weighted by molar-refractivity contribution is 9.10. The predicted octanol–water partition coefficient (Wildman–Crippen LogP) is 8.93. The van der Waals surface area contributed by atoms with E-state index in [0.717, 1.165) is 24.1 Å². The number of aromatic nitrogens is 1. The van der Waals surface area contributed by atoms with Gasteiger partial charge in [0.25, 0.3) is 0 Å². The van der Waals surface area contributed by atoms with Crippen LogP contribution >= 0.6 is 15.9 Å². The molecule has 3 nitrogen and oxygen atoms in total. The van der Waals surface area contributed by atoms with Crippen LogP contribution in [0.3, 0.4) is 0 Å². The summed E-state index contributed by atoms with van der Waals surface area (Å²) in [5.74, 6) is 0.715. The lowest BCUT2D eigenvalue weighted by Crippen LogP contribution is -2.40. The minimum absolute atomic E-state index is 0.331. The molecule has 1 aromatic heterocycles. The molecule has 0 aliphatic heterocycles. The van der Waals surface area contributed by atoms with Gasteiger partial charge in [-0.1, -0.05) is 101 Å². The molecule has 0 unspecified atom stereocenters. The number of hydrogen-bond acceptors (Lipinski definition) is 3. The molecule has 0 aliphatic rings. The molecule has 0 atom stereocenters. The highest BCUT2D eigenvalue weighted by Gasteiger charge is 2.36. The van der Waals surface area contributed by atoms with Gasteiger partial charge in [0.2, 0.25) is 5.88 Å². The number of pyridine rings is 1. The van der Waals surface area contributed by atoms with E-state index in [0.29, 0.717) is 10.9 Å². The van der Waals surface area contributed by atoms with Gasteiger partial charge in [-0.2, -0.15) is 0 Å². The molecule has 0 radical (unpaired) electrons. The van der Waals surface area contributed by atoms with Gasteiger partial charge in [0.15, 0.2) is 8.32 Å². The zero-order chi connectivity index (χ0) is 22.3. The third kappa shape index (κ3) is 13.1. The summed E-state index contributed by atoms with van der Waals surface area (Å²) in [4.78, 5) is 4.20. The molecule has 0 saturated heterocycles. The minimum Gasteiger partial charge on any atom is -0.478 e. The van der Waals surface area contributed by atoms with Crippen molar-refractivity contribution in [1.82, 2.24) is 4.98 Å². The lowest BCUT2D eigenvalue weighted by atomic mass is 10.1. The molecule has 0 spiro atoms. The minimum atomic E-state index is -1.54. The molecular weight excluding hydrogens is 454 g/mol. The van der Waals surface area contributed by atoms with E-state index in [-0.39, 0.29) is 0 Å². The number of halogens is 1. The topological polar surface area (TPSA) is 31.4 Å². The standard InChI is InChI=1S/C25H46BrNO2Si/c1-25(2,3)30(4,5)29-21-17-15-13-11-9-7-6-8-10-12-14-16-20-28-24-22-23(26)18-19-27-24/h18-19,22H,6-17,20-21H2,1-5H3. The summed E-state index contributed by atoms with van der Waals surface area (Å²) < 4.78 is 12.9. The summed E-state index contributed by atoms with van der Waals surface area (Å²) in [5.41, 5.74) is 0. The molecule has 0 fully saturated rings. The summed E-state index contributed by atoms with van der Waals surface area (Å²) >= 11 is 3.44. The van der Waals surface area contributed by atoms with E-state index >= 15 is 0 Å². The second-order valence-electron chi connectivity index (χ2n) is 10.0. The summed E-state index contributed by atoms with van der Waals surface area (Å²) in [6.07, 6.45) is 17.7. The Morgan fingerprint density at radius 2 is 1.27 bits per heavy atom. The van der Waals surface area contributed by atoms with Gasteiger partial charge in [0.1, 0.15) is 0 Å². The van der Waals surface area contributed by atoms with E-state index in [1.807, 2.05) is 12.1 Å². The summed E-state index contributed by atoms with van der Waals surface area (Å²) in [5, 5.41) is 0.331. The van der Waals surface area contributed by atoms with Crippen molar-refractivity contribution in [2.45, 2.75) is 116 Å². The van der Waals surface area contributed by atoms with Crippen LogP contribution in [-0.2, 0) is 4.43 Å². The number of hydrogen-bond donors (Lipinski definition) is 0. The zero-order valence-corrected chi connectivity index (χ0v) is 22.9. The van der Waals surface area contributed by atoms with Crippen LogP contribution in [0.4, 0.5) is 0 Å². The van der Waals surface area contributed by atoms with Gasteiger partial charge >= 0.3 is 0 Å². The van der Waals surface area contributed by atoms with Crippen molar-refractivity contribution in [1.29, 1.82) is 0 Å². The van der Waals surface area contributed by atoms with Gasteiger partial charge in [-0.25, -0.2) is 4.98 Å². The average Bonchev–Trinajstić information content (AvgIpc) is 2.66. The van der Waals surface area contributed by atoms with Crippen molar-refractivity contribution < 1.29 is 9.16 Å².